The quantitative estimate of drug-likeness (QED) is 0.160. The molecule has 0 amide bonds. The molecule has 0 radical (unpaired) electrons. The van der Waals surface area contributed by atoms with Gasteiger partial charge in [-0.3, -0.25) is 4.90 Å². The summed E-state index contributed by atoms with van der Waals surface area (Å²) < 4.78 is 54.4. The molecule has 2 saturated heterocycles. The maximum absolute atomic E-state index is 17.1. The van der Waals surface area contributed by atoms with Crippen LogP contribution in [-0.2, 0) is 4.74 Å². The van der Waals surface area contributed by atoms with Crippen LogP contribution in [0.3, 0.4) is 0 Å². The summed E-state index contributed by atoms with van der Waals surface area (Å²) in [5.41, 5.74) is 7.64. The van der Waals surface area contributed by atoms with Gasteiger partial charge in [0.25, 0.3) is 0 Å². The molecule has 7 rings (SSSR count). The summed E-state index contributed by atoms with van der Waals surface area (Å²) in [6.07, 6.45) is 4.62. The first-order valence-corrected chi connectivity index (χ1v) is 16.5. The Morgan fingerprint density at radius 3 is 2.77 bits per heavy atom. The summed E-state index contributed by atoms with van der Waals surface area (Å²) in [5.74, 6) is 0.517. The number of hydrogen-bond acceptors (Lipinski definition) is 11. The first kappa shape index (κ1) is 32.5. The van der Waals surface area contributed by atoms with Crippen molar-refractivity contribution in [2.45, 2.75) is 62.7 Å². The maximum atomic E-state index is 17.1. The summed E-state index contributed by atoms with van der Waals surface area (Å²) in [4.78, 5) is 20.3. The largest absolute Gasteiger partial charge is 0.480 e. The van der Waals surface area contributed by atoms with Gasteiger partial charge in [0.05, 0.1) is 18.7 Å². The Balaban J connectivity index is 1.37. The van der Waals surface area contributed by atoms with Gasteiger partial charge >= 0.3 is 6.01 Å². The zero-order valence-corrected chi connectivity index (χ0v) is 27.8. The Labute approximate surface area is 282 Å². The van der Waals surface area contributed by atoms with Gasteiger partial charge in [-0.2, -0.15) is 9.97 Å². The molecule has 14 heteroatoms. The average molecular weight is 682 g/mol. The Morgan fingerprint density at radius 1 is 1.19 bits per heavy atom. The van der Waals surface area contributed by atoms with Gasteiger partial charge in [0.1, 0.15) is 46.8 Å². The van der Waals surface area contributed by atoms with Crippen molar-refractivity contribution in [1.82, 2.24) is 24.8 Å². The number of fused-ring (bicyclic) bond motifs is 2. The first-order valence-electron chi connectivity index (χ1n) is 16.1. The van der Waals surface area contributed by atoms with Crippen molar-refractivity contribution < 1.29 is 27.7 Å². The van der Waals surface area contributed by atoms with Crippen LogP contribution in [0.4, 0.5) is 20.4 Å². The molecule has 0 bridgehead atoms. The molecule has 5 heterocycles. The zero-order chi connectivity index (χ0) is 33.6. The van der Waals surface area contributed by atoms with Crippen molar-refractivity contribution in [3.8, 4) is 28.9 Å². The molecule has 4 aromatic rings. The highest BCUT2D eigenvalue weighted by Gasteiger charge is 2.49. The second-order valence-electron chi connectivity index (χ2n) is 12.8. The minimum Gasteiger partial charge on any atom is -0.480 e. The van der Waals surface area contributed by atoms with Crippen molar-refractivity contribution in [2.75, 3.05) is 51.8 Å². The zero-order valence-electron chi connectivity index (χ0n) is 27.1. The third kappa shape index (κ3) is 6.03. The van der Waals surface area contributed by atoms with E-state index in [-0.39, 0.29) is 53.6 Å². The Kier molecular flexibility index (Phi) is 8.86. The minimum absolute atomic E-state index is 0.00259. The molecule has 0 unspecified atom stereocenters. The van der Waals surface area contributed by atoms with Crippen LogP contribution in [0.2, 0.25) is 5.02 Å². The fraction of sp³-hybridized carbons (Fsp3) is 0.471. The number of benzene rings is 1. The molecule has 1 aromatic carbocycles. The topological polar surface area (TPSA) is 130 Å². The number of nitrogen functional groups attached to an aromatic ring is 1. The normalized spacial score (nSPS) is 21.3. The highest BCUT2D eigenvalue weighted by Crippen LogP contribution is 2.50. The van der Waals surface area contributed by atoms with Gasteiger partial charge < -0.3 is 30.0 Å². The highest BCUT2D eigenvalue weighted by molar-refractivity contribution is 6.32. The number of nitrogens with one attached hydrogen (secondary N) is 1. The fourth-order valence-corrected chi connectivity index (χ4v) is 7.49. The van der Waals surface area contributed by atoms with E-state index < -0.39 is 23.6 Å². The Hall–Kier alpha value is -4.07. The van der Waals surface area contributed by atoms with E-state index in [0.29, 0.717) is 40.7 Å². The van der Waals surface area contributed by atoms with Crippen LogP contribution in [-0.4, -0.2) is 77.3 Å². The van der Waals surface area contributed by atoms with Crippen molar-refractivity contribution in [1.29, 1.82) is 0 Å². The molecule has 3 N–H and O–H groups in total. The molecule has 3 aromatic heterocycles. The van der Waals surface area contributed by atoms with E-state index in [1.165, 1.54) is 14.2 Å². The van der Waals surface area contributed by atoms with E-state index in [9.17, 15) is 4.39 Å². The van der Waals surface area contributed by atoms with Gasteiger partial charge in [0.2, 0.25) is 5.88 Å². The molecule has 2 aliphatic heterocycles. The molecule has 3 atom stereocenters. The van der Waals surface area contributed by atoms with Crippen molar-refractivity contribution in [2.24, 2.45) is 0 Å². The van der Waals surface area contributed by atoms with Crippen LogP contribution in [0.5, 0.6) is 17.6 Å². The molecule has 0 spiro atoms. The number of halogens is 3. The summed E-state index contributed by atoms with van der Waals surface area (Å²) >= 11 is 6.77. The molecule has 48 heavy (non-hydrogen) atoms. The van der Waals surface area contributed by atoms with Gasteiger partial charge in [0.15, 0.2) is 12.6 Å². The second-order valence-corrected chi connectivity index (χ2v) is 13.2. The maximum Gasteiger partial charge on any atom is 0.319 e. The third-order valence-electron chi connectivity index (χ3n) is 9.53. The van der Waals surface area contributed by atoms with Crippen molar-refractivity contribution in [3.05, 3.63) is 52.4 Å². The van der Waals surface area contributed by atoms with Gasteiger partial charge in [-0.15, -0.1) is 0 Å². The van der Waals surface area contributed by atoms with Gasteiger partial charge in [-0.25, -0.2) is 18.7 Å². The summed E-state index contributed by atoms with van der Waals surface area (Å²) in [7, 11) is 2.96. The van der Waals surface area contributed by atoms with Crippen LogP contribution in [0.25, 0.3) is 22.2 Å². The number of hydrogen-bond donors (Lipinski definition) is 2. The summed E-state index contributed by atoms with van der Waals surface area (Å²) in [6.45, 7) is 3.22. The van der Waals surface area contributed by atoms with Crippen LogP contribution in [0.1, 0.15) is 62.1 Å². The van der Waals surface area contributed by atoms with Crippen molar-refractivity contribution in [3.63, 3.8) is 0 Å². The summed E-state index contributed by atoms with van der Waals surface area (Å²) in [6, 6.07) is 6.57. The lowest BCUT2D eigenvalue weighted by Crippen LogP contribution is -2.43. The SMILES string of the molecule is COCOc1cc(Cl)c(C2CC2)c(-c2nc(OC)c3c(N[C@H](C)c4cccnc4N)nc(OC[C@@]45CCCN4C[C@H](F)C5)nc3c2F)c1. The van der Waals surface area contributed by atoms with E-state index in [1.807, 2.05) is 13.0 Å². The number of ether oxygens (including phenoxy) is 4. The average Bonchev–Trinajstić information content (AvgIpc) is 3.76. The van der Waals surface area contributed by atoms with E-state index in [1.54, 1.807) is 24.4 Å². The van der Waals surface area contributed by atoms with E-state index >= 15 is 4.39 Å². The smallest absolute Gasteiger partial charge is 0.319 e. The predicted octanol–water partition coefficient (Wildman–Crippen LogP) is 6.46. The molecule has 1 aliphatic carbocycles. The lowest BCUT2D eigenvalue weighted by atomic mass is 9.95. The lowest BCUT2D eigenvalue weighted by molar-refractivity contribution is 0.0511. The van der Waals surface area contributed by atoms with Gasteiger partial charge in [-0.1, -0.05) is 17.7 Å². The number of aromatic nitrogens is 4. The number of nitrogens with two attached hydrogens (primary N) is 1. The van der Waals surface area contributed by atoms with Gasteiger partial charge in [-0.05, 0) is 68.8 Å². The monoisotopic (exact) mass is 681 g/mol. The van der Waals surface area contributed by atoms with Crippen LogP contribution in [0, 0.1) is 5.82 Å². The lowest BCUT2D eigenvalue weighted by Gasteiger charge is -2.30. The van der Waals surface area contributed by atoms with Crippen molar-refractivity contribution >= 4 is 34.1 Å². The number of anilines is 2. The highest BCUT2D eigenvalue weighted by atomic mass is 35.5. The Morgan fingerprint density at radius 2 is 2.02 bits per heavy atom. The number of nitrogens with zero attached hydrogens (tertiary/aromatic N) is 5. The van der Waals surface area contributed by atoms with Crippen LogP contribution < -0.4 is 25.3 Å². The third-order valence-corrected chi connectivity index (χ3v) is 9.85. The second kappa shape index (κ2) is 13.1. The molecule has 3 fully saturated rings. The van der Waals surface area contributed by atoms with E-state index in [0.717, 1.165) is 37.8 Å². The molecule has 254 valence electrons. The predicted molar refractivity (Wildman–Crippen MR) is 178 cm³/mol. The number of rotatable bonds is 12. The first-order chi connectivity index (χ1) is 23.2. The number of pyridine rings is 2. The van der Waals surface area contributed by atoms with Gasteiger partial charge in [0, 0.05) is 42.4 Å². The van der Waals surface area contributed by atoms with E-state index in [4.69, 9.17) is 41.3 Å². The fourth-order valence-electron chi connectivity index (χ4n) is 7.13. The molecule has 3 aliphatic rings. The van der Waals surface area contributed by atoms with E-state index in [2.05, 4.69) is 25.2 Å². The number of methoxy groups -OCH3 is 2. The Bertz CT molecular complexity index is 1850. The number of alkyl halides is 1. The molecular weight excluding hydrogens is 644 g/mol. The molecule has 1 saturated carbocycles. The van der Waals surface area contributed by atoms with Crippen LogP contribution in [0.15, 0.2) is 30.5 Å². The molecular formula is C34H38ClF2N7O4. The minimum atomic E-state index is -0.930. The van der Waals surface area contributed by atoms with Crippen LogP contribution >= 0.6 is 11.6 Å². The standard InChI is InChI=1S/C34H38ClF2N7O4/c1-18(22-6-4-10-39-30(22)38)40-31-26-29(42-33(43-31)47-16-34-9-5-11-44(34)15-20(36)14-34)27(37)28(41-32(26)46-3)23-12-21(48-17-45-2)13-24(35)25(23)19-7-8-19/h4,6,10,12-13,18-20H,5,7-9,11,14-17H2,1-3H3,(H2,38,39)(H,40,42,43)/t18-,20-,34+/m1/s1. The molecule has 11 nitrogen and oxygen atoms in total. The summed E-state index contributed by atoms with van der Waals surface area (Å²) in [5, 5.41) is 4.01.